The fourth-order valence-electron chi connectivity index (χ4n) is 2.25. The summed E-state index contributed by atoms with van der Waals surface area (Å²) >= 11 is 12.1. The highest BCUT2D eigenvalue weighted by Gasteiger charge is 2.09. The number of benzene rings is 2. The number of furan rings is 1. The molecular formula is C19H13Cl2FN2O2. The molecule has 0 saturated carbocycles. The summed E-state index contributed by atoms with van der Waals surface area (Å²) in [6, 6.07) is 14.2. The van der Waals surface area contributed by atoms with Crippen LogP contribution in [-0.2, 0) is 11.2 Å². The zero-order valence-electron chi connectivity index (χ0n) is 13.4. The molecule has 0 aliphatic carbocycles. The average Bonchev–Trinajstić information content (AvgIpc) is 3.08. The van der Waals surface area contributed by atoms with Gasteiger partial charge in [0.2, 0.25) is 5.91 Å². The maximum Gasteiger partial charge on any atom is 0.244 e. The Bertz CT molecular complexity index is 952. The highest BCUT2D eigenvalue weighted by Crippen LogP contribution is 2.31. The normalized spacial score (nSPS) is 11.0. The van der Waals surface area contributed by atoms with Gasteiger partial charge in [0.1, 0.15) is 17.3 Å². The van der Waals surface area contributed by atoms with Gasteiger partial charge in [-0.15, -0.1) is 0 Å². The molecule has 0 aliphatic heterocycles. The number of amides is 1. The summed E-state index contributed by atoms with van der Waals surface area (Å²) in [6.07, 6.45) is 1.48. The molecule has 0 fully saturated rings. The number of rotatable bonds is 5. The van der Waals surface area contributed by atoms with Crippen molar-refractivity contribution in [3.63, 3.8) is 0 Å². The van der Waals surface area contributed by atoms with Crippen LogP contribution in [0.15, 0.2) is 64.1 Å². The summed E-state index contributed by atoms with van der Waals surface area (Å²) in [7, 11) is 0. The van der Waals surface area contributed by atoms with E-state index in [1.165, 1.54) is 18.3 Å². The second kappa shape index (κ2) is 8.17. The Morgan fingerprint density at radius 2 is 1.88 bits per heavy atom. The largest absolute Gasteiger partial charge is 0.455 e. The molecule has 1 aromatic heterocycles. The highest BCUT2D eigenvalue weighted by atomic mass is 35.5. The van der Waals surface area contributed by atoms with E-state index < -0.39 is 0 Å². The highest BCUT2D eigenvalue weighted by molar-refractivity contribution is 6.35. The number of hydrogen-bond donors (Lipinski definition) is 1. The molecule has 0 spiro atoms. The third-order valence-electron chi connectivity index (χ3n) is 3.48. The van der Waals surface area contributed by atoms with Gasteiger partial charge in [0.15, 0.2) is 0 Å². The number of halogens is 3. The molecule has 26 heavy (non-hydrogen) atoms. The van der Waals surface area contributed by atoms with E-state index in [1.807, 2.05) is 0 Å². The number of nitrogens with zero attached hydrogens (tertiary/aromatic N) is 1. The van der Waals surface area contributed by atoms with Gasteiger partial charge < -0.3 is 4.42 Å². The molecule has 1 N–H and O–H groups in total. The molecule has 1 heterocycles. The van der Waals surface area contributed by atoms with Crippen molar-refractivity contribution in [2.24, 2.45) is 5.10 Å². The van der Waals surface area contributed by atoms with E-state index in [0.29, 0.717) is 32.7 Å². The fourth-order valence-corrected chi connectivity index (χ4v) is 2.63. The van der Waals surface area contributed by atoms with Crippen LogP contribution in [0.2, 0.25) is 10.0 Å². The van der Waals surface area contributed by atoms with Crippen LogP contribution in [0.3, 0.4) is 0 Å². The van der Waals surface area contributed by atoms with E-state index in [9.17, 15) is 9.18 Å². The molecule has 7 heteroatoms. The van der Waals surface area contributed by atoms with Crippen LogP contribution in [0.25, 0.3) is 11.3 Å². The van der Waals surface area contributed by atoms with Crippen LogP contribution in [0.4, 0.5) is 4.39 Å². The Hall–Kier alpha value is -2.63. The van der Waals surface area contributed by atoms with E-state index >= 15 is 0 Å². The molecule has 0 unspecified atom stereocenters. The Morgan fingerprint density at radius 3 is 2.65 bits per heavy atom. The first-order valence-electron chi connectivity index (χ1n) is 7.63. The van der Waals surface area contributed by atoms with E-state index in [4.69, 9.17) is 27.6 Å². The maximum absolute atomic E-state index is 12.8. The number of nitrogens with one attached hydrogen (secondary N) is 1. The first-order valence-corrected chi connectivity index (χ1v) is 8.38. The van der Waals surface area contributed by atoms with Crippen molar-refractivity contribution in [2.75, 3.05) is 0 Å². The molecule has 2 aromatic carbocycles. The van der Waals surface area contributed by atoms with E-state index in [0.717, 1.165) is 0 Å². The van der Waals surface area contributed by atoms with Crippen LogP contribution in [0, 0.1) is 5.82 Å². The van der Waals surface area contributed by atoms with Gasteiger partial charge in [0.25, 0.3) is 0 Å². The van der Waals surface area contributed by atoms with Gasteiger partial charge >= 0.3 is 0 Å². The smallest absolute Gasteiger partial charge is 0.244 e. The fraction of sp³-hybridized carbons (Fsp3) is 0.0526. The number of carbonyl (C=O) groups excluding carboxylic acids is 1. The summed E-state index contributed by atoms with van der Waals surface area (Å²) in [5, 5.41) is 4.91. The molecule has 1 amide bonds. The molecule has 3 aromatic rings. The van der Waals surface area contributed by atoms with Crippen molar-refractivity contribution >= 4 is 35.3 Å². The van der Waals surface area contributed by atoms with Crippen LogP contribution in [0.1, 0.15) is 11.3 Å². The number of carbonyl (C=O) groups is 1. The predicted molar refractivity (Wildman–Crippen MR) is 100 cm³/mol. The maximum atomic E-state index is 12.8. The molecule has 132 valence electrons. The van der Waals surface area contributed by atoms with E-state index in [1.54, 1.807) is 42.5 Å². The van der Waals surface area contributed by atoms with Crippen molar-refractivity contribution in [1.29, 1.82) is 0 Å². The Morgan fingerprint density at radius 1 is 1.12 bits per heavy atom. The predicted octanol–water partition coefficient (Wildman–Crippen LogP) is 5.09. The number of hydrogen-bond acceptors (Lipinski definition) is 3. The third-order valence-corrected chi connectivity index (χ3v) is 4.04. The van der Waals surface area contributed by atoms with Gasteiger partial charge in [-0.2, -0.15) is 5.10 Å². The van der Waals surface area contributed by atoms with Crippen LogP contribution >= 0.6 is 23.2 Å². The first-order chi connectivity index (χ1) is 12.5. The minimum atomic E-state index is -0.347. The minimum absolute atomic E-state index is 0.0964. The molecule has 0 bridgehead atoms. The van der Waals surface area contributed by atoms with Gasteiger partial charge in [-0.25, -0.2) is 9.82 Å². The van der Waals surface area contributed by atoms with Gasteiger partial charge in [-0.05, 0) is 48.0 Å². The second-order valence-corrected chi connectivity index (χ2v) is 6.27. The minimum Gasteiger partial charge on any atom is -0.455 e. The van der Waals surface area contributed by atoms with Gasteiger partial charge in [-0.3, -0.25) is 4.79 Å². The van der Waals surface area contributed by atoms with Gasteiger partial charge in [0, 0.05) is 10.6 Å². The van der Waals surface area contributed by atoms with Gasteiger partial charge in [-0.1, -0.05) is 35.3 Å². The second-order valence-electron chi connectivity index (χ2n) is 5.42. The molecule has 4 nitrogen and oxygen atoms in total. The first kappa shape index (κ1) is 18.2. The van der Waals surface area contributed by atoms with Crippen LogP contribution < -0.4 is 5.43 Å². The van der Waals surface area contributed by atoms with Gasteiger partial charge in [0.05, 0.1) is 17.7 Å². The van der Waals surface area contributed by atoms with Crippen molar-refractivity contribution in [1.82, 2.24) is 5.43 Å². The van der Waals surface area contributed by atoms with E-state index in [2.05, 4.69) is 10.5 Å². The molecule has 0 radical (unpaired) electrons. The van der Waals surface area contributed by atoms with Crippen molar-refractivity contribution in [2.45, 2.75) is 6.42 Å². The lowest BCUT2D eigenvalue weighted by Crippen LogP contribution is -2.19. The zero-order chi connectivity index (χ0) is 18.5. The Labute approximate surface area is 159 Å². The lowest BCUT2D eigenvalue weighted by molar-refractivity contribution is -0.120. The van der Waals surface area contributed by atoms with Crippen LogP contribution in [0.5, 0.6) is 0 Å². The Kier molecular flexibility index (Phi) is 5.71. The zero-order valence-corrected chi connectivity index (χ0v) is 14.9. The topological polar surface area (TPSA) is 54.6 Å². The Balaban J connectivity index is 1.61. The monoisotopic (exact) mass is 390 g/mol. The quantitative estimate of drug-likeness (QED) is 0.487. The standard InChI is InChI=1S/C19H13Cl2FN2O2/c20-13-3-7-17(21)16(10-13)18-8-6-15(26-18)11-23-24-19(25)9-12-1-4-14(22)5-2-12/h1-8,10-11H,9H2,(H,24,25)/b23-11+. The lowest BCUT2D eigenvalue weighted by atomic mass is 10.1. The molecule has 0 aliphatic rings. The molecule has 0 atom stereocenters. The number of hydrazone groups is 1. The summed E-state index contributed by atoms with van der Waals surface area (Å²) in [5.41, 5.74) is 3.75. The third kappa shape index (κ3) is 4.71. The van der Waals surface area contributed by atoms with Crippen molar-refractivity contribution in [3.05, 3.63) is 81.8 Å². The summed E-state index contributed by atoms with van der Waals surface area (Å²) in [5.74, 6) is 0.313. The molecule has 0 saturated heterocycles. The SMILES string of the molecule is O=C(Cc1ccc(F)cc1)N/N=C/c1ccc(-c2cc(Cl)ccc2Cl)o1. The average molecular weight is 391 g/mol. The summed E-state index contributed by atoms with van der Waals surface area (Å²) < 4.78 is 18.5. The summed E-state index contributed by atoms with van der Waals surface area (Å²) in [4.78, 5) is 11.8. The van der Waals surface area contributed by atoms with Crippen molar-refractivity contribution < 1.29 is 13.6 Å². The summed E-state index contributed by atoms with van der Waals surface area (Å²) in [6.45, 7) is 0. The van der Waals surface area contributed by atoms with E-state index in [-0.39, 0.29) is 18.1 Å². The van der Waals surface area contributed by atoms with Crippen molar-refractivity contribution in [3.8, 4) is 11.3 Å². The van der Waals surface area contributed by atoms with Crippen LogP contribution in [-0.4, -0.2) is 12.1 Å². The lowest BCUT2D eigenvalue weighted by Gasteiger charge is -2.01. The molecule has 3 rings (SSSR count). The molecular weight excluding hydrogens is 378 g/mol.